The van der Waals surface area contributed by atoms with Gasteiger partial charge in [-0.3, -0.25) is 4.72 Å². The summed E-state index contributed by atoms with van der Waals surface area (Å²) in [4.78, 5) is 0. The molecular formula is C13H17FN2O3S. The summed E-state index contributed by atoms with van der Waals surface area (Å²) in [5.74, 6) is 4.62. The van der Waals surface area contributed by atoms with Crippen LogP contribution in [0.15, 0.2) is 18.2 Å². The second kappa shape index (κ2) is 7.85. The van der Waals surface area contributed by atoms with Crippen LogP contribution in [0.25, 0.3) is 0 Å². The van der Waals surface area contributed by atoms with Crippen molar-refractivity contribution < 1.29 is 17.9 Å². The van der Waals surface area contributed by atoms with Crippen LogP contribution in [0.2, 0.25) is 0 Å². The molecule has 0 aliphatic rings. The molecule has 0 saturated heterocycles. The topological polar surface area (TPSA) is 78.4 Å². The maximum atomic E-state index is 13.7. The van der Waals surface area contributed by atoms with Crippen molar-refractivity contribution in [3.05, 3.63) is 29.6 Å². The lowest BCUT2D eigenvalue weighted by atomic mass is 10.2. The lowest BCUT2D eigenvalue weighted by Gasteiger charge is -2.09. The van der Waals surface area contributed by atoms with Gasteiger partial charge in [0.15, 0.2) is 0 Å². The SMILES string of the molecule is CCCNS(=O)(=O)Nc1ccc(C#CCCO)cc1F. The fourth-order valence-corrected chi connectivity index (χ4v) is 2.31. The first kappa shape index (κ1) is 16.4. The molecule has 0 atom stereocenters. The van der Waals surface area contributed by atoms with Crippen LogP contribution < -0.4 is 9.44 Å². The highest BCUT2D eigenvalue weighted by atomic mass is 32.2. The van der Waals surface area contributed by atoms with Gasteiger partial charge in [-0.1, -0.05) is 18.8 Å². The van der Waals surface area contributed by atoms with Crippen LogP contribution >= 0.6 is 0 Å². The average Bonchev–Trinajstić information content (AvgIpc) is 2.40. The standard InChI is InChI=1S/C13H17FN2O3S/c1-2-8-15-20(18,19)16-13-7-6-11(10-12(13)14)5-3-4-9-17/h6-7,10,15-17H,2,4,8-9H2,1H3. The van der Waals surface area contributed by atoms with E-state index in [0.717, 1.165) is 6.07 Å². The van der Waals surface area contributed by atoms with Crippen LogP contribution in [0, 0.1) is 17.7 Å². The third-order valence-electron chi connectivity index (χ3n) is 2.23. The minimum atomic E-state index is -3.76. The van der Waals surface area contributed by atoms with Gasteiger partial charge in [0.1, 0.15) is 5.82 Å². The van der Waals surface area contributed by atoms with Crippen molar-refractivity contribution in [2.24, 2.45) is 0 Å². The molecule has 0 aliphatic heterocycles. The summed E-state index contributed by atoms with van der Waals surface area (Å²) in [6.45, 7) is 2.04. The molecule has 5 nitrogen and oxygen atoms in total. The predicted octanol–water partition coefficient (Wildman–Crippen LogP) is 1.22. The number of aliphatic hydroxyl groups excluding tert-OH is 1. The molecule has 0 radical (unpaired) electrons. The molecule has 3 N–H and O–H groups in total. The summed E-state index contributed by atoms with van der Waals surface area (Å²) < 4.78 is 41.3. The van der Waals surface area contributed by atoms with Crippen LogP contribution in [-0.2, 0) is 10.2 Å². The van der Waals surface area contributed by atoms with Crippen molar-refractivity contribution in [1.29, 1.82) is 0 Å². The zero-order chi connectivity index (χ0) is 15.0. The lowest BCUT2D eigenvalue weighted by molar-refractivity contribution is 0.305. The molecule has 0 amide bonds. The Morgan fingerprint density at radius 2 is 2.15 bits per heavy atom. The third-order valence-corrected chi connectivity index (χ3v) is 3.30. The van der Waals surface area contributed by atoms with Gasteiger partial charge in [0.05, 0.1) is 12.3 Å². The van der Waals surface area contributed by atoms with E-state index in [2.05, 4.69) is 21.3 Å². The molecular weight excluding hydrogens is 283 g/mol. The van der Waals surface area contributed by atoms with Gasteiger partial charge in [0.2, 0.25) is 0 Å². The average molecular weight is 300 g/mol. The molecule has 0 unspecified atom stereocenters. The van der Waals surface area contributed by atoms with Gasteiger partial charge in [-0.25, -0.2) is 4.39 Å². The quantitative estimate of drug-likeness (QED) is 0.691. The summed E-state index contributed by atoms with van der Waals surface area (Å²) in [6.07, 6.45) is 0.944. The zero-order valence-corrected chi connectivity index (χ0v) is 11.9. The lowest BCUT2D eigenvalue weighted by Crippen LogP contribution is -2.30. The van der Waals surface area contributed by atoms with E-state index in [1.807, 2.05) is 6.92 Å². The molecule has 20 heavy (non-hydrogen) atoms. The van der Waals surface area contributed by atoms with Gasteiger partial charge in [-0.15, -0.1) is 0 Å². The maximum absolute atomic E-state index is 13.7. The maximum Gasteiger partial charge on any atom is 0.299 e. The molecule has 1 aromatic carbocycles. The van der Waals surface area contributed by atoms with E-state index in [4.69, 9.17) is 5.11 Å². The van der Waals surface area contributed by atoms with Gasteiger partial charge in [0.25, 0.3) is 10.2 Å². The van der Waals surface area contributed by atoms with Crippen LogP contribution in [0.1, 0.15) is 25.3 Å². The van der Waals surface area contributed by atoms with Crippen molar-refractivity contribution in [2.75, 3.05) is 17.9 Å². The minimum absolute atomic E-state index is 0.0591. The molecule has 0 bridgehead atoms. The number of hydrogen-bond acceptors (Lipinski definition) is 3. The van der Waals surface area contributed by atoms with Crippen LogP contribution in [0.5, 0.6) is 0 Å². The Morgan fingerprint density at radius 1 is 1.40 bits per heavy atom. The fraction of sp³-hybridized carbons (Fsp3) is 0.385. The van der Waals surface area contributed by atoms with Crippen molar-refractivity contribution >= 4 is 15.9 Å². The van der Waals surface area contributed by atoms with E-state index in [0.29, 0.717) is 18.4 Å². The van der Waals surface area contributed by atoms with Gasteiger partial charge in [0, 0.05) is 18.5 Å². The number of benzene rings is 1. The van der Waals surface area contributed by atoms with Gasteiger partial charge >= 0.3 is 0 Å². The largest absolute Gasteiger partial charge is 0.395 e. The number of halogens is 1. The Bertz CT molecular complexity index is 606. The molecule has 0 aliphatic carbocycles. The molecule has 1 rings (SSSR count). The number of aliphatic hydroxyl groups is 1. The second-order valence-corrected chi connectivity index (χ2v) is 5.47. The van der Waals surface area contributed by atoms with Gasteiger partial charge in [-0.2, -0.15) is 13.1 Å². The van der Waals surface area contributed by atoms with E-state index >= 15 is 0 Å². The molecule has 0 aromatic heterocycles. The number of nitrogens with one attached hydrogen (secondary N) is 2. The molecule has 0 heterocycles. The number of anilines is 1. The third kappa shape index (κ3) is 5.57. The van der Waals surface area contributed by atoms with Gasteiger partial charge in [-0.05, 0) is 24.6 Å². The summed E-state index contributed by atoms with van der Waals surface area (Å²) in [5.41, 5.74) is 0.279. The summed E-state index contributed by atoms with van der Waals surface area (Å²) in [5, 5.41) is 8.58. The van der Waals surface area contributed by atoms with Crippen molar-refractivity contribution in [1.82, 2.24) is 4.72 Å². The predicted molar refractivity (Wildman–Crippen MR) is 75.8 cm³/mol. The zero-order valence-electron chi connectivity index (χ0n) is 11.1. The summed E-state index contributed by atoms with van der Waals surface area (Å²) in [6, 6.07) is 3.96. The molecule has 110 valence electrons. The van der Waals surface area contributed by atoms with E-state index in [9.17, 15) is 12.8 Å². The number of hydrogen-bond donors (Lipinski definition) is 3. The second-order valence-electron chi connectivity index (χ2n) is 3.97. The Balaban J connectivity index is 2.81. The molecule has 1 aromatic rings. The smallest absolute Gasteiger partial charge is 0.299 e. The molecule has 0 saturated carbocycles. The molecule has 0 spiro atoms. The fourth-order valence-electron chi connectivity index (χ4n) is 1.31. The van der Waals surface area contributed by atoms with E-state index in [-0.39, 0.29) is 18.8 Å². The first-order valence-electron chi connectivity index (χ1n) is 6.15. The van der Waals surface area contributed by atoms with Crippen LogP contribution in [0.4, 0.5) is 10.1 Å². The highest BCUT2D eigenvalue weighted by Gasteiger charge is 2.11. The van der Waals surface area contributed by atoms with Crippen LogP contribution in [0.3, 0.4) is 0 Å². The Hall–Kier alpha value is -1.62. The number of rotatable bonds is 6. The molecule has 7 heteroatoms. The first-order valence-corrected chi connectivity index (χ1v) is 7.63. The van der Waals surface area contributed by atoms with Crippen LogP contribution in [-0.4, -0.2) is 26.7 Å². The summed E-state index contributed by atoms with van der Waals surface area (Å²) in [7, 11) is -3.76. The highest BCUT2D eigenvalue weighted by Crippen LogP contribution is 2.16. The Morgan fingerprint density at radius 3 is 2.75 bits per heavy atom. The van der Waals surface area contributed by atoms with Crippen molar-refractivity contribution in [2.45, 2.75) is 19.8 Å². The van der Waals surface area contributed by atoms with Crippen molar-refractivity contribution in [3.63, 3.8) is 0 Å². The normalized spacial score (nSPS) is 10.8. The van der Waals surface area contributed by atoms with E-state index in [1.165, 1.54) is 12.1 Å². The van der Waals surface area contributed by atoms with E-state index < -0.39 is 16.0 Å². The Labute approximate surface area is 118 Å². The first-order chi connectivity index (χ1) is 9.48. The highest BCUT2D eigenvalue weighted by molar-refractivity contribution is 7.90. The molecule has 0 fully saturated rings. The van der Waals surface area contributed by atoms with Crippen molar-refractivity contribution in [3.8, 4) is 11.8 Å². The monoisotopic (exact) mass is 300 g/mol. The Kier molecular flexibility index (Phi) is 6.45. The van der Waals surface area contributed by atoms with E-state index in [1.54, 1.807) is 0 Å². The van der Waals surface area contributed by atoms with Gasteiger partial charge < -0.3 is 5.11 Å². The minimum Gasteiger partial charge on any atom is -0.395 e. The summed E-state index contributed by atoms with van der Waals surface area (Å²) >= 11 is 0.